The summed E-state index contributed by atoms with van der Waals surface area (Å²) in [4.78, 5) is 29.4. The molecule has 7 nitrogen and oxygen atoms in total. The van der Waals surface area contributed by atoms with Crippen molar-refractivity contribution in [2.24, 2.45) is 0 Å². The second kappa shape index (κ2) is 6.80. The number of benzene rings is 2. The van der Waals surface area contributed by atoms with Crippen LogP contribution in [0.15, 0.2) is 71.7 Å². The zero-order valence-electron chi connectivity index (χ0n) is 14.2. The van der Waals surface area contributed by atoms with Crippen molar-refractivity contribution >= 4 is 11.6 Å². The van der Waals surface area contributed by atoms with Crippen LogP contribution in [0.3, 0.4) is 0 Å². The first kappa shape index (κ1) is 16.6. The van der Waals surface area contributed by atoms with Crippen LogP contribution in [0.2, 0.25) is 0 Å². The summed E-state index contributed by atoms with van der Waals surface area (Å²) in [6.45, 7) is 0.374. The van der Waals surface area contributed by atoms with E-state index < -0.39 is 0 Å². The second-order valence-electron chi connectivity index (χ2n) is 6.04. The average Bonchev–Trinajstić information content (AvgIpc) is 3.12. The molecule has 2 heterocycles. The summed E-state index contributed by atoms with van der Waals surface area (Å²) in [5.74, 6) is -0.202. The molecule has 2 aromatic carbocycles. The van der Waals surface area contributed by atoms with E-state index in [1.165, 1.54) is 28.9 Å². The summed E-state index contributed by atoms with van der Waals surface area (Å²) in [5.41, 5.74) is 2.27. The largest absolute Gasteiger partial charge is 0.508 e. The van der Waals surface area contributed by atoms with Crippen LogP contribution in [0.25, 0.3) is 16.9 Å². The third-order valence-corrected chi connectivity index (χ3v) is 4.20. The van der Waals surface area contributed by atoms with Crippen LogP contribution in [-0.2, 0) is 6.54 Å². The van der Waals surface area contributed by atoms with E-state index in [1.807, 2.05) is 30.3 Å². The second-order valence-corrected chi connectivity index (χ2v) is 6.04. The number of H-pyrrole nitrogens is 1. The van der Waals surface area contributed by atoms with Crippen LogP contribution in [0.5, 0.6) is 5.75 Å². The van der Waals surface area contributed by atoms with Gasteiger partial charge in [0.15, 0.2) is 5.65 Å². The summed E-state index contributed by atoms with van der Waals surface area (Å²) < 4.78 is 1.22. The minimum Gasteiger partial charge on any atom is -0.508 e. The third kappa shape index (κ3) is 3.30. The van der Waals surface area contributed by atoms with Gasteiger partial charge in [0, 0.05) is 24.4 Å². The van der Waals surface area contributed by atoms with Gasteiger partial charge >= 0.3 is 0 Å². The molecule has 0 fully saturated rings. The molecular formula is C20H16N4O3. The molecule has 0 saturated carbocycles. The van der Waals surface area contributed by atoms with Gasteiger partial charge in [0.25, 0.3) is 11.5 Å². The summed E-state index contributed by atoms with van der Waals surface area (Å²) in [7, 11) is 0. The van der Waals surface area contributed by atoms with E-state index >= 15 is 0 Å². The number of phenolic OH excluding ortho intramolecular Hbond substituents is 1. The smallest absolute Gasteiger partial charge is 0.273 e. The molecule has 0 bridgehead atoms. The molecule has 0 radical (unpaired) electrons. The number of carbonyl (C=O) groups is 1. The van der Waals surface area contributed by atoms with Gasteiger partial charge in [-0.1, -0.05) is 30.3 Å². The molecule has 27 heavy (non-hydrogen) atoms. The van der Waals surface area contributed by atoms with Gasteiger partial charge in [-0.25, -0.2) is 9.50 Å². The van der Waals surface area contributed by atoms with Crippen LogP contribution in [0.4, 0.5) is 0 Å². The number of carbonyl (C=O) groups excluding carboxylic acids is 1. The Balaban J connectivity index is 1.68. The molecule has 0 aliphatic heterocycles. The number of rotatable bonds is 4. The number of nitrogens with one attached hydrogen (secondary N) is 2. The van der Waals surface area contributed by atoms with Crippen LogP contribution < -0.4 is 10.9 Å². The first-order valence-electron chi connectivity index (χ1n) is 8.34. The molecule has 134 valence electrons. The molecule has 1 amide bonds. The highest BCUT2D eigenvalue weighted by molar-refractivity contribution is 5.99. The summed E-state index contributed by atoms with van der Waals surface area (Å²) in [6.07, 6.45) is 1.46. The van der Waals surface area contributed by atoms with Gasteiger partial charge in [0.1, 0.15) is 11.3 Å². The fraction of sp³-hybridized carbons (Fsp3) is 0.0500. The van der Waals surface area contributed by atoms with E-state index in [4.69, 9.17) is 0 Å². The Hall–Kier alpha value is -3.87. The Bertz CT molecular complexity index is 1160. The number of aromatic amines is 1. The van der Waals surface area contributed by atoms with E-state index in [0.29, 0.717) is 17.8 Å². The van der Waals surface area contributed by atoms with E-state index in [-0.39, 0.29) is 28.4 Å². The number of aromatic hydroxyl groups is 1. The monoisotopic (exact) mass is 360 g/mol. The van der Waals surface area contributed by atoms with Crippen molar-refractivity contribution in [3.63, 3.8) is 0 Å². The number of amides is 1. The number of hydrogen-bond donors (Lipinski definition) is 3. The van der Waals surface area contributed by atoms with Gasteiger partial charge in [-0.05, 0) is 29.8 Å². The standard InChI is InChI=1S/C20H16N4O3/c25-15-8-6-14(7-9-15)17-10-18(26)24-19(23-17)16(12-22-24)20(27)21-11-13-4-2-1-3-5-13/h1-10,12,22,25H,11H2,(H,21,27). The van der Waals surface area contributed by atoms with Crippen LogP contribution in [0, 0.1) is 0 Å². The number of nitrogens with zero attached hydrogens (tertiary/aromatic N) is 2. The number of fused-ring (bicyclic) bond motifs is 1. The summed E-state index contributed by atoms with van der Waals surface area (Å²) >= 11 is 0. The normalized spacial score (nSPS) is 10.8. The van der Waals surface area contributed by atoms with Gasteiger partial charge in [-0.2, -0.15) is 0 Å². The van der Waals surface area contributed by atoms with Crippen molar-refractivity contribution in [2.45, 2.75) is 6.54 Å². The van der Waals surface area contributed by atoms with E-state index in [2.05, 4.69) is 15.4 Å². The first-order chi connectivity index (χ1) is 13.1. The van der Waals surface area contributed by atoms with E-state index in [0.717, 1.165) is 5.56 Å². The van der Waals surface area contributed by atoms with Gasteiger partial charge in [0.2, 0.25) is 0 Å². The van der Waals surface area contributed by atoms with Crippen molar-refractivity contribution in [3.8, 4) is 17.0 Å². The molecule has 2 aromatic heterocycles. The maximum Gasteiger partial charge on any atom is 0.273 e. The molecule has 3 N–H and O–H groups in total. The molecule has 0 spiro atoms. The minimum atomic E-state index is -0.329. The van der Waals surface area contributed by atoms with Gasteiger partial charge in [-0.15, -0.1) is 0 Å². The lowest BCUT2D eigenvalue weighted by atomic mass is 10.1. The molecule has 0 aliphatic rings. The fourth-order valence-corrected chi connectivity index (χ4v) is 2.80. The van der Waals surface area contributed by atoms with Crippen LogP contribution in [-0.4, -0.2) is 25.6 Å². The topological polar surface area (TPSA) is 99.5 Å². The van der Waals surface area contributed by atoms with Gasteiger partial charge in [0.05, 0.1) is 5.69 Å². The highest BCUT2D eigenvalue weighted by Crippen LogP contribution is 2.20. The van der Waals surface area contributed by atoms with Crippen LogP contribution >= 0.6 is 0 Å². The quantitative estimate of drug-likeness (QED) is 0.520. The molecule has 4 aromatic rings. The predicted molar refractivity (Wildman–Crippen MR) is 101 cm³/mol. The predicted octanol–water partition coefficient (Wildman–Crippen LogP) is 2.33. The van der Waals surface area contributed by atoms with Gasteiger partial charge < -0.3 is 10.4 Å². The Morgan fingerprint density at radius 3 is 2.59 bits per heavy atom. The number of phenols is 1. The highest BCUT2D eigenvalue weighted by Gasteiger charge is 2.16. The molecule has 0 unspecified atom stereocenters. The third-order valence-electron chi connectivity index (χ3n) is 4.20. The van der Waals surface area contributed by atoms with Crippen LogP contribution in [0.1, 0.15) is 15.9 Å². The average molecular weight is 360 g/mol. The Kier molecular flexibility index (Phi) is 4.18. The zero-order valence-corrected chi connectivity index (χ0v) is 14.2. The van der Waals surface area contributed by atoms with E-state index in [9.17, 15) is 14.7 Å². The summed E-state index contributed by atoms with van der Waals surface area (Å²) in [6, 6.07) is 17.3. The van der Waals surface area contributed by atoms with Crippen molar-refractivity contribution < 1.29 is 9.90 Å². The number of aromatic nitrogens is 3. The molecule has 7 heteroatoms. The first-order valence-corrected chi connectivity index (χ1v) is 8.34. The lowest BCUT2D eigenvalue weighted by Gasteiger charge is -2.05. The minimum absolute atomic E-state index is 0.124. The molecule has 0 saturated heterocycles. The van der Waals surface area contributed by atoms with Gasteiger partial charge in [-0.3, -0.25) is 14.7 Å². The lowest BCUT2D eigenvalue weighted by molar-refractivity contribution is 0.0952. The Labute approximate surface area is 153 Å². The van der Waals surface area contributed by atoms with E-state index in [1.54, 1.807) is 12.1 Å². The molecule has 0 aliphatic carbocycles. The molecule has 0 atom stereocenters. The zero-order chi connectivity index (χ0) is 18.8. The molecule has 4 rings (SSSR count). The SMILES string of the molecule is O=C(NCc1ccccc1)c1c[nH]n2c(=O)cc(-c3ccc(O)cc3)nc12. The van der Waals surface area contributed by atoms with Crippen molar-refractivity contribution in [2.75, 3.05) is 0 Å². The van der Waals surface area contributed by atoms with Crippen molar-refractivity contribution in [1.82, 2.24) is 19.9 Å². The summed E-state index contributed by atoms with van der Waals surface area (Å²) in [5, 5.41) is 15.0. The molecular weight excluding hydrogens is 344 g/mol. The number of hydrogen-bond acceptors (Lipinski definition) is 4. The Morgan fingerprint density at radius 1 is 1.11 bits per heavy atom. The Morgan fingerprint density at radius 2 is 1.85 bits per heavy atom. The lowest BCUT2D eigenvalue weighted by Crippen LogP contribution is -2.23. The highest BCUT2D eigenvalue weighted by atomic mass is 16.3. The van der Waals surface area contributed by atoms with Crippen molar-refractivity contribution in [1.29, 1.82) is 0 Å². The maximum atomic E-state index is 12.6. The fourth-order valence-electron chi connectivity index (χ4n) is 2.80. The van der Waals surface area contributed by atoms with Crippen molar-refractivity contribution in [3.05, 3.63) is 88.3 Å². The maximum absolute atomic E-state index is 12.6.